The van der Waals surface area contributed by atoms with E-state index in [1.807, 2.05) is 31.2 Å². The normalized spacial score (nSPS) is 22.6. The van der Waals surface area contributed by atoms with Crippen molar-refractivity contribution >= 4 is 11.9 Å². The lowest BCUT2D eigenvalue weighted by Gasteiger charge is -2.19. The smallest absolute Gasteiger partial charge is 0.306 e. The van der Waals surface area contributed by atoms with Crippen molar-refractivity contribution in [1.82, 2.24) is 5.32 Å². The van der Waals surface area contributed by atoms with Crippen LogP contribution in [0, 0.1) is 11.8 Å². The predicted octanol–water partition coefficient (Wildman–Crippen LogP) is 2.37. The van der Waals surface area contributed by atoms with Crippen LogP contribution in [0.5, 0.6) is 5.75 Å². The summed E-state index contributed by atoms with van der Waals surface area (Å²) in [6.45, 7) is 1.90. The van der Waals surface area contributed by atoms with Gasteiger partial charge in [0.05, 0.1) is 19.1 Å². The summed E-state index contributed by atoms with van der Waals surface area (Å²) in [4.78, 5) is 23.2. The van der Waals surface area contributed by atoms with E-state index in [9.17, 15) is 9.59 Å². The van der Waals surface area contributed by atoms with E-state index < -0.39 is 5.97 Å². The SMILES string of the molecule is COc1ccccc1[C@H](C)NC(=O)C1CCC(C(=O)O)C1. The molecule has 1 fully saturated rings. The summed E-state index contributed by atoms with van der Waals surface area (Å²) < 4.78 is 5.29. The number of carbonyl (C=O) groups excluding carboxylic acids is 1. The van der Waals surface area contributed by atoms with E-state index >= 15 is 0 Å². The van der Waals surface area contributed by atoms with Gasteiger partial charge >= 0.3 is 5.97 Å². The average molecular weight is 291 g/mol. The van der Waals surface area contributed by atoms with Crippen molar-refractivity contribution in [1.29, 1.82) is 0 Å². The molecule has 5 nitrogen and oxygen atoms in total. The largest absolute Gasteiger partial charge is 0.496 e. The van der Waals surface area contributed by atoms with Crippen LogP contribution < -0.4 is 10.1 Å². The van der Waals surface area contributed by atoms with E-state index in [-0.39, 0.29) is 23.8 Å². The first kappa shape index (κ1) is 15.4. The molecule has 0 aliphatic heterocycles. The summed E-state index contributed by atoms with van der Waals surface area (Å²) in [5.74, 6) is -0.731. The van der Waals surface area contributed by atoms with Gasteiger partial charge in [-0.1, -0.05) is 18.2 Å². The molecule has 3 atom stereocenters. The standard InChI is InChI=1S/C16H21NO4/c1-10(13-5-3-4-6-14(13)21-2)17-15(18)11-7-8-12(9-11)16(19)20/h3-6,10-12H,7-9H2,1-2H3,(H,17,18)(H,19,20)/t10-,11?,12?/m0/s1. The molecule has 1 saturated carbocycles. The molecule has 0 aromatic heterocycles. The highest BCUT2D eigenvalue weighted by atomic mass is 16.5. The number of carbonyl (C=O) groups is 2. The van der Waals surface area contributed by atoms with Crippen molar-refractivity contribution in [3.05, 3.63) is 29.8 Å². The molecule has 1 aliphatic rings. The molecule has 21 heavy (non-hydrogen) atoms. The zero-order valence-electron chi connectivity index (χ0n) is 12.3. The van der Waals surface area contributed by atoms with Crippen LogP contribution in [0.3, 0.4) is 0 Å². The summed E-state index contributed by atoms with van der Waals surface area (Å²) in [5.41, 5.74) is 0.918. The van der Waals surface area contributed by atoms with Gasteiger partial charge in [-0.15, -0.1) is 0 Å². The fourth-order valence-electron chi connectivity index (χ4n) is 2.88. The zero-order valence-corrected chi connectivity index (χ0v) is 12.3. The van der Waals surface area contributed by atoms with Gasteiger partial charge in [-0.05, 0) is 32.3 Å². The topological polar surface area (TPSA) is 75.6 Å². The molecular weight excluding hydrogens is 270 g/mol. The number of carboxylic acids is 1. The van der Waals surface area contributed by atoms with Crippen molar-refractivity contribution < 1.29 is 19.4 Å². The summed E-state index contributed by atoms with van der Waals surface area (Å²) in [6.07, 6.45) is 1.65. The number of aliphatic carboxylic acids is 1. The van der Waals surface area contributed by atoms with Gasteiger partial charge in [0, 0.05) is 11.5 Å². The second-order valence-electron chi connectivity index (χ2n) is 5.52. The number of hydrogen-bond donors (Lipinski definition) is 2. The minimum Gasteiger partial charge on any atom is -0.496 e. The predicted molar refractivity (Wildman–Crippen MR) is 78.0 cm³/mol. The lowest BCUT2D eigenvalue weighted by atomic mass is 10.0. The molecule has 1 aromatic carbocycles. The fourth-order valence-corrected chi connectivity index (χ4v) is 2.88. The number of benzene rings is 1. The van der Waals surface area contributed by atoms with Crippen LogP contribution in [-0.4, -0.2) is 24.1 Å². The van der Waals surface area contributed by atoms with Gasteiger partial charge in [0.2, 0.25) is 5.91 Å². The van der Waals surface area contributed by atoms with Crippen molar-refractivity contribution in [3.63, 3.8) is 0 Å². The second-order valence-corrected chi connectivity index (χ2v) is 5.52. The highest BCUT2D eigenvalue weighted by Crippen LogP contribution is 2.32. The Morgan fingerprint density at radius 1 is 1.29 bits per heavy atom. The van der Waals surface area contributed by atoms with Gasteiger partial charge in [-0.2, -0.15) is 0 Å². The van der Waals surface area contributed by atoms with Gasteiger partial charge in [-0.3, -0.25) is 9.59 Å². The van der Waals surface area contributed by atoms with Crippen molar-refractivity contribution in [3.8, 4) is 5.75 Å². The average Bonchev–Trinajstić information content (AvgIpc) is 2.97. The van der Waals surface area contributed by atoms with Crippen LogP contribution >= 0.6 is 0 Å². The number of para-hydroxylation sites is 1. The Bertz CT molecular complexity index is 529. The minimum absolute atomic E-state index is 0.0721. The van der Waals surface area contributed by atoms with Gasteiger partial charge < -0.3 is 15.2 Å². The Kier molecular flexibility index (Phi) is 4.83. The van der Waals surface area contributed by atoms with Crippen LogP contribution in [0.1, 0.15) is 37.8 Å². The van der Waals surface area contributed by atoms with E-state index in [4.69, 9.17) is 9.84 Å². The third-order valence-corrected chi connectivity index (χ3v) is 4.12. The summed E-state index contributed by atoms with van der Waals surface area (Å²) in [5, 5.41) is 12.0. The molecule has 2 unspecified atom stereocenters. The van der Waals surface area contributed by atoms with Gasteiger partial charge in [0.1, 0.15) is 5.75 Å². The fraction of sp³-hybridized carbons (Fsp3) is 0.500. The van der Waals surface area contributed by atoms with Gasteiger partial charge in [-0.25, -0.2) is 0 Å². The highest BCUT2D eigenvalue weighted by molar-refractivity contribution is 5.81. The maximum atomic E-state index is 12.3. The lowest BCUT2D eigenvalue weighted by Crippen LogP contribution is -2.32. The van der Waals surface area contributed by atoms with Crippen LogP contribution in [-0.2, 0) is 9.59 Å². The van der Waals surface area contributed by atoms with Crippen molar-refractivity contribution in [2.45, 2.75) is 32.2 Å². The Morgan fingerprint density at radius 2 is 1.95 bits per heavy atom. The van der Waals surface area contributed by atoms with Gasteiger partial charge in [0.15, 0.2) is 0 Å². The Morgan fingerprint density at radius 3 is 2.57 bits per heavy atom. The second kappa shape index (κ2) is 6.61. The number of rotatable bonds is 5. The number of hydrogen-bond acceptors (Lipinski definition) is 3. The number of ether oxygens (including phenoxy) is 1. The number of methoxy groups -OCH3 is 1. The van der Waals surface area contributed by atoms with E-state index in [1.54, 1.807) is 7.11 Å². The van der Waals surface area contributed by atoms with Crippen LogP contribution in [0.25, 0.3) is 0 Å². The molecule has 1 aliphatic carbocycles. The Labute approximate surface area is 124 Å². The molecule has 114 valence electrons. The van der Waals surface area contributed by atoms with Gasteiger partial charge in [0.25, 0.3) is 0 Å². The molecule has 2 N–H and O–H groups in total. The first-order chi connectivity index (χ1) is 10.0. The zero-order chi connectivity index (χ0) is 15.4. The van der Waals surface area contributed by atoms with Crippen molar-refractivity contribution in [2.75, 3.05) is 7.11 Å². The summed E-state index contributed by atoms with van der Waals surface area (Å²) in [6, 6.07) is 7.38. The first-order valence-electron chi connectivity index (χ1n) is 7.19. The van der Waals surface area contributed by atoms with Crippen molar-refractivity contribution in [2.24, 2.45) is 11.8 Å². The number of amides is 1. The monoisotopic (exact) mass is 291 g/mol. The Hall–Kier alpha value is -2.04. The molecule has 0 radical (unpaired) electrons. The lowest BCUT2D eigenvalue weighted by molar-refractivity contribution is -0.141. The molecule has 0 spiro atoms. The van der Waals surface area contributed by atoms with E-state index in [2.05, 4.69) is 5.32 Å². The molecule has 0 heterocycles. The number of carboxylic acid groups (broad SMARTS) is 1. The quantitative estimate of drug-likeness (QED) is 0.873. The van der Waals surface area contributed by atoms with E-state index in [0.717, 1.165) is 11.3 Å². The maximum absolute atomic E-state index is 12.3. The molecule has 1 aromatic rings. The molecule has 1 amide bonds. The van der Waals surface area contributed by atoms with Crippen LogP contribution in [0.2, 0.25) is 0 Å². The number of nitrogens with one attached hydrogen (secondary N) is 1. The third-order valence-electron chi connectivity index (χ3n) is 4.12. The summed E-state index contributed by atoms with van der Waals surface area (Å²) >= 11 is 0. The van der Waals surface area contributed by atoms with E-state index in [1.165, 1.54) is 0 Å². The minimum atomic E-state index is -0.803. The van der Waals surface area contributed by atoms with Crippen LogP contribution in [0.15, 0.2) is 24.3 Å². The maximum Gasteiger partial charge on any atom is 0.306 e. The molecule has 5 heteroatoms. The summed E-state index contributed by atoms with van der Waals surface area (Å²) in [7, 11) is 1.60. The van der Waals surface area contributed by atoms with Crippen LogP contribution in [0.4, 0.5) is 0 Å². The Balaban J connectivity index is 1.98. The molecular formula is C16H21NO4. The molecule has 0 bridgehead atoms. The third kappa shape index (κ3) is 3.54. The molecule has 2 rings (SSSR count). The molecule has 0 saturated heterocycles. The highest BCUT2D eigenvalue weighted by Gasteiger charge is 2.34. The first-order valence-corrected chi connectivity index (χ1v) is 7.19. The van der Waals surface area contributed by atoms with E-state index in [0.29, 0.717) is 19.3 Å².